The van der Waals surface area contributed by atoms with E-state index in [0.29, 0.717) is 12.5 Å². The predicted octanol–water partition coefficient (Wildman–Crippen LogP) is 2.57. The summed E-state index contributed by atoms with van der Waals surface area (Å²) in [6.07, 6.45) is 3.59. The van der Waals surface area contributed by atoms with E-state index in [1.165, 1.54) is 0 Å². The van der Waals surface area contributed by atoms with E-state index in [9.17, 15) is 4.79 Å². The Bertz CT molecular complexity index is 289. The third kappa shape index (κ3) is 2.37. The minimum atomic E-state index is -0.677. The highest BCUT2D eigenvalue weighted by atomic mass is 16.2. The zero-order valence-electron chi connectivity index (χ0n) is 10.6. The topological polar surface area (TPSA) is 44.1 Å². The van der Waals surface area contributed by atoms with Crippen molar-refractivity contribution in [2.75, 3.05) is 13.1 Å². The van der Waals surface area contributed by atoms with Crippen LogP contribution in [0.15, 0.2) is 0 Å². The number of amides is 1. The lowest BCUT2D eigenvalue weighted by Gasteiger charge is -2.38. The lowest BCUT2D eigenvalue weighted by molar-refractivity contribution is -0.143. The van der Waals surface area contributed by atoms with Crippen LogP contribution >= 0.6 is 0 Å². The fraction of sp³-hybridized carbons (Fsp3) is 0.846. The van der Waals surface area contributed by atoms with Gasteiger partial charge in [0, 0.05) is 13.1 Å². The molecule has 1 rings (SSSR count). The molecule has 3 heteroatoms. The van der Waals surface area contributed by atoms with Gasteiger partial charge in [-0.15, -0.1) is 0 Å². The smallest absolute Gasteiger partial charge is 0.243 e. The number of carbonyl (C=O) groups excluding carboxylic acids is 1. The van der Waals surface area contributed by atoms with E-state index in [1.54, 1.807) is 0 Å². The minimum absolute atomic E-state index is 0.0593. The maximum absolute atomic E-state index is 12.3. The molecule has 0 N–H and O–H groups in total. The summed E-state index contributed by atoms with van der Waals surface area (Å²) in [5.41, 5.74) is -0.677. The average Bonchev–Trinajstić information content (AvgIpc) is 2.24. The van der Waals surface area contributed by atoms with Crippen molar-refractivity contribution in [3.8, 4) is 6.07 Å². The lowest BCUT2D eigenvalue weighted by Crippen LogP contribution is -2.48. The quantitative estimate of drug-likeness (QED) is 0.717. The summed E-state index contributed by atoms with van der Waals surface area (Å²) in [7, 11) is 0. The van der Waals surface area contributed by atoms with Gasteiger partial charge in [-0.1, -0.05) is 20.3 Å². The van der Waals surface area contributed by atoms with Gasteiger partial charge in [0.15, 0.2) is 0 Å². The first-order valence-corrected chi connectivity index (χ1v) is 6.30. The molecule has 0 aromatic rings. The van der Waals surface area contributed by atoms with E-state index in [1.807, 2.05) is 11.8 Å². The van der Waals surface area contributed by atoms with E-state index in [2.05, 4.69) is 19.9 Å². The van der Waals surface area contributed by atoms with Gasteiger partial charge in [0.05, 0.1) is 6.07 Å². The third-order valence-corrected chi connectivity index (χ3v) is 3.73. The molecule has 1 saturated carbocycles. The van der Waals surface area contributed by atoms with E-state index in [-0.39, 0.29) is 5.91 Å². The standard InChI is InChI=1S/C13H22N2O/c1-4-11(3)9-15(5-2)12(16)13(10-14)7-6-8-13/h11H,4-9H2,1-3H3. The van der Waals surface area contributed by atoms with E-state index in [0.717, 1.165) is 32.2 Å². The Kier molecular flexibility index (Phi) is 4.35. The second kappa shape index (κ2) is 5.34. The number of hydrogen-bond donors (Lipinski definition) is 0. The third-order valence-electron chi connectivity index (χ3n) is 3.73. The van der Waals surface area contributed by atoms with Gasteiger partial charge in [0.1, 0.15) is 5.41 Å². The Morgan fingerprint density at radius 1 is 1.50 bits per heavy atom. The summed E-state index contributed by atoms with van der Waals surface area (Å²) in [5.74, 6) is 0.573. The lowest BCUT2D eigenvalue weighted by atomic mass is 9.69. The first-order valence-electron chi connectivity index (χ1n) is 6.30. The molecule has 3 nitrogen and oxygen atoms in total. The molecule has 90 valence electrons. The van der Waals surface area contributed by atoms with Crippen LogP contribution in [-0.2, 0) is 4.79 Å². The predicted molar refractivity (Wildman–Crippen MR) is 63.6 cm³/mol. The number of hydrogen-bond acceptors (Lipinski definition) is 2. The van der Waals surface area contributed by atoms with Crippen molar-refractivity contribution in [3.05, 3.63) is 0 Å². The van der Waals surface area contributed by atoms with E-state index < -0.39 is 5.41 Å². The molecule has 0 heterocycles. The van der Waals surface area contributed by atoms with Crippen LogP contribution in [0.3, 0.4) is 0 Å². The Hall–Kier alpha value is -1.04. The highest BCUT2D eigenvalue weighted by Gasteiger charge is 2.46. The van der Waals surface area contributed by atoms with Crippen molar-refractivity contribution in [2.24, 2.45) is 11.3 Å². The van der Waals surface area contributed by atoms with Gasteiger partial charge in [0.2, 0.25) is 5.91 Å². The summed E-state index contributed by atoms with van der Waals surface area (Å²) in [6.45, 7) is 7.77. The van der Waals surface area contributed by atoms with E-state index in [4.69, 9.17) is 5.26 Å². The normalized spacial score (nSPS) is 19.4. The number of nitriles is 1. The summed E-state index contributed by atoms with van der Waals surface area (Å²) in [5, 5.41) is 9.15. The molecule has 1 amide bonds. The van der Waals surface area contributed by atoms with Crippen molar-refractivity contribution in [3.63, 3.8) is 0 Å². The molecule has 0 aromatic carbocycles. The van der Waals surface area contributed by atoms with Gasteiger partial charge in [-0.25, -0.2) is 0 Å². The first kappa shape index (κ1) is 13.0. The molecule has 0 bridgehead atoms. The molecule has 1 aliphatic rings. The first-order chi connectivity index (χ1) is 7.59. The van der Waals surface area contributed by atoms with Gasteiger partial charge in [-0.2, -0.15) is 5.26 Å². The van der Waals surface area contributed by atoms with E-state index >= 15 is 0 Å². The van der Waals surface area contributed by atoms with Crippen LogP contribution in [0.25, 0.3) is 0 Å². The summed E-state index contributed by atoms with van der Waals surface area (Å²) >= 11 is 0. The van der Waals surface area contributed by atoms with Crippen LogP contribution < -0.4 is 0 Å². The van der Waals surface area contributed by atoms with Crippen LogP contribution in [0.4, 0.5) is 0 Å². The van der Waals surface area contributed by atoms with Crippen LogP contribution in [-0.4, -0.2) is 23.9 Å². The molecule has 1 unspecified atom stereocenters. The van der Waals surface area contributed by atoms with Crippen molar-refractivity contribution in [1.29, 1.82) is 5.26 Å². The average molecular weight is 222 g/mol. The Balaban J connectivity index is 2.66. The van der Waals surface area contributed by atoms with Crippen LogP contribution in [0, 0.1) is 22.7 Å². The molecule has 1 fully saturated rings. The van der Waals surface area contributed by atoms with Crippen LogP contribution in [0.1, 0.15) is 46.5 Å². The summed E-state index contributed by atoms with van der Waals surface area (Å²) < 4.78 is 0. The maximum Gasteiger partial charge on any atom is 0.243 e. The fourth-order valence-corrected chi connectivity index (χ4v) is 2.07. The Morgan fingerprint density at radius 3 is 2.44 bits per heavy atom. The van der Waals surface area contributed by atoms with Gasteiger partial charge in [-0.05, 0) is 32.1 Å². The minimum Gasteiger partial charge on any atom is -0.341 e. The van der Waals surface area contributed by atoms with Gasteiger partial charge >= 0.3 is 0 Å². The molecule has 0 saturated heterocycles. The number of carbonyl (C=O) groups is 1. The SMILES string of the molecule is CCC(C)CN(CC)C(=O)C1(C#N)CCC1. The molecule has 0 radical (unpaired) electrons. The molecular weight excluding hydrogens is 200 g/mol. The van der Waals surface area contributed by atoms with Crippen LogP contribution in [0.5, 0.6) is 0 Å². The van der Waals surface area contributed by atoms with Gasteiger partial charge in [-0.3, -0.25) is 4.79 Å². The second-order valence-corrected chi connectivity index (χ2v) is 4.90. The monoisotopic (exact) mass is 222 g/mol. The molecule has 0 spiro atoms. The van der Waals surface area contributed by atoms with Crippen molar-refractivity contribution < 1.29 is 4.79 Å². The molecule has 1 atom stereocenters. The molecule has 0 aromatic heterocycles. The summed E-state index contributed by atoms with van der Waals surface area (Å²) in [6, 6.07) is 2.23. The van der Waals surface area contributed by atoms with Crippen molar-refractivity contribution in [2.45, 2.75) is 46.5 Å². The van der Waals surface area contributed by atoms with Crippen molar-refractivity contribution >= 4 is 5.91 Å². The fourth-order valence-electron chi connectivity index (χ4n) is 2.07. The zero-order valence-corrected chi connectivity index (χ0v) is 10.6. The zero-order chi connectivity index (χ0) is 12.2. The molecular formula is C13H22N2O. The highest BCUT2D eigenvalue weighted by molar-refractivity contribution is 5.86. The molecule has 0 aliphatic heterocycles. The van der Waals surface area contributed by atoms with Gasteiger partial charge < -0.3 is 4.90 Å². The summed E-state index contributed by atoms with van der Waals surface area (Å²) in [4.78, 5) is 14.1. The maximum atomic E-state index is 12.3. The van der Waals surface area contributed by atoms with Crippen LogP contribution in [0.2, 0.25) is 0 Å². The number of rotatable bonds is 5. The molecule has 16 heavy (non-hydrogen) atoms. The van der Waals surface area contributed by atoms with Crippen molar-refractivity contribution in [1.82, 2.24) is 4.90 Å². The highest BCUT2D eigenvalue weighted by Crippen LogP contribution is 2.41. The second-order valence-electron chi connectivity index (χ2n) is 4.90. The largest absolute Gasteiger partial charge is 0.341 e. The Labute approximate surface area is 98.4 Å². The van der Waals surface area contributed by atoms with Gasteiger partial charge in [0.25, 0.3) is 0 Å². The molecule has 1 aliphatic carbocycles. The Morgan fingerprint density at radius 2 is 2.12 bits per heavy atom. The number of nitrogens with zero attached hydrogens (tertiary/aromatic N) is 2.